The minimum absolute atomic E-state index is 0.110. The van der Waals surface area contributed by atoms with Gasteiger partial charge < -0.3 is 21.1 Å². The number of ether oxygens (including phenoxy) is 1. The van der Waals surface area contributed by atoms with E-state index in [0.29, 0.717) is 13.1 Å². The van der Waals surface area contributed by atoms with Crippen LogP contribution in [-0.4, -0.2) is 31.1 Å². The van der Waals surface area contributed by atoms with Gasteiger partial charge in [0.2, 0.25) is 0 Å². The average molecular weight is 525 g/mol. The summed E-state index contributed by atoms with van der Waals surface area (Å²) in [5, 5.41) is 18.0. The summed E-state index contributed by atoms with van der Waals surface area (Å²) in [4.78, 5) is 10.5. The molecular formula is C32H36N4O3. The lowest BCUT2D eigenvalue weighted by Gasteiger charge is -2.27. The van der Waals surface area contributed by atoms with Gasteiger partial charge in [0.1, 0.15) is 0 Å². The standard InChI is InChI=1S/C32H36N4O3/c33-29-15-11-25(12-16-29)19-21-34-23-31(27-7-3-1-4-8-27)39-32(28-9-5-2-6-10-28)24-35-22-20-26-13-17-30(18-14-26)36(37)38/h1-18,31-32,34-35H,19-24,33H2/t31?,32-/m0/s1. The van der Waals surface area contributed by atoms with Crippen LogP contribution in [0.15, 0.2) is 109 Å². The fourth-order valence-electron chi connectivity index (χ4n) is 4.42. The zero-order valence-corrected chi connectivity index (χ0v) is 22.0. The molecule has 0 aliphatic heterocycles. The third-order valence-corrected chi connectivity index (χ3v) is 6.64. The molecule has 0 aliphatic rings. The van der Waals surface area contributed by atoms with Crippen LogP contribution in [0.1, 0.15) is 34.5 Å². The highest BCUT2D eigenvalue weighted by atomic mass is 16.6. The Morgan fingerprint density at radius 1 is 0.667 bits per heavy atom. The number of nitrogens with two attached hydrogens (primary N) is 1. The van der Waals surface area contributed by atoms with E-state index in [1.54, 1.807) is 12.1 Å². The van der Waals surface area contributed by atoms with Crippen LogP contribution in [0, 0.1) is 10.1 Å². The molecule has 0 fully saturated rings. The summed E-state index contributed by atoms with van der Waals surface area (Å²) in [6.07, 6.45) is 1.41. The van der Waals surface area contributed by atoms with Gasteiger partial charge in [-0.15, -0.1) is 0 Å². The van der Waals surface area contributed by atoms with Crippen LogP contribution in [0.25, 0.3) is 0 Å². The molecule has 2 atom stereocenters. The second-order valence-corrected chi connectivity index (χ2v) is 9.51. The summed E-state index contributed by atoms with van der Waals surface area (Å²) in [5.74, 6) is 0. The van der Waals surface area contributed by atoms with E-state index in [-0.39, 0.29) is 22.8 Å². The van der Waals surface area contributed by atoms with E-state index in [1.807, 2.05) is 60.7 Å². The number of nitrogens with zero attached hydrogens (tertiary/aromatic N) is 1. The van der Waals surface area contributed by atoms with Crippen molar-refractivity contribution in [2.24, 2.45) is 0 Å². The fraction of sp³-hybridized carbons (Fsp3) is 0.250. The third kappa shape index (κ3) is 9.04. The van der Waals surface area contributed by atoms with E-state index in [0.717, 1.165) is 48.3 Å². The fourth-order valence-corrected chi connectivity index (χ4v) is 4.42. The predicted molar refractivity (Wildman–Crippen MR) is 157 cm³/mol. The van der Waals surface area contributed by atoms with E-state index in [4.69, 9.17) is 10.5 Å². The summed E-state index contributed by atoms with van der Waals surface area (Å²) in [5.41, 5.74) is 11.2. The van der Waals surface area contributed by atoms with E-state index >= 15 is 0 Å². The number of nitro benzene ring substituents is 1. The number of hydrogen-bond donors (Lipinski definition) is 3. The quantitative estimate of drug-likeness (QED) is 0.0805. The lowest BCUT2D eigenvalue weighted by Crippen LogP contribution is -2.30. The van der Waals surface area contributed by atoms with Crippen molar-refractivity contribution in [3.8, 4) is 0 Å². The molecule has 0 amide bonds. The van der Waals surface area contributed by atoms with E-state index in [2.05, 4.69) is 47.0 Å². The molecule has 0 heterocycles. The first-order valence-electron chi connectivity index (χ1n) is 13.3. The average Bonchev–Trinajstić information content (AvgIpc) is 2.98. The monoisotopic (exact) mass is 524 g/mol. The van der Waals surface area contributed by atoms with Gasteiger partial charge in [0.25, 0.3) is 5.69 Å². The smallest absolute Gasteiger partial charge is 0.269 e. The summed E-state index contributed by atoms with van der Waals surface area (Å²) < 4.78 is 6.77. The van der Waals surface area contributed by atoms with Gasteiger partial charge in [-0.05, 0) is 60.3 Å². The lowest BCUT2D eigenvalue weighted by molar-refractivity contribution is -0.384. The number of benzene rings is 4. The highest BCUT2D eigenvalue weighted by Crippen LogP contribution is 2.26. The Morgan fingerprint density at radius 2 is 1.10 bits per heavy atom. The number of hydrogen-bond acceptors (Lipinski definition) is 6. The molecule has 0 bridgehead atoms. The molecule has 0 spiro atoms. The SMILES string of the molecule is Nc1ccc(CCNCC(O[C@@H](CNCCc2ccc([N+](=O)[O-])cc2)c2ccccc2)c2ccccc2)cc1. The normalized spacial score (nSPS) is 12.6. The molecule has 39 heavy (non-hydrogen) atoms. The first kappa shape index (κ1) is 28.0. The second kappa shape index (κ2) is 14.8. The van der Waals surface area contributed by atoms with E-state index in [9.17, 15) is 10.1 Å². The minimum atomic E-state index is -0.375. The number of nitro groups is 1. The van der Waals surface area contributed by atoms with Crippen LogP contribution in [0.5, 0.6) is 0 Å². The molecule has 0 saturated carbocycles. The summed E-state index contributed by atoms with van der Waals surface area (Å²) in [6, 6.07) is 35.3. The topological polar surface area (TPSA) is 102 Å². The Balaban J connectivity index is 1.36. The second-order valence-electron chi connectivity index (χ2n) is 9.51. The molecule has 7 nitrogen and oxygen atoms in total. The molecule has 7 heteroatoms. The molecule has 202 valence electrons. The molecule has 0 aromatic heterocycles. The van der Waals surface area contributed by atoms with E-state index < -0.39 is 0 Å². The van der Waals surface area contributed by atoms with Crippen molar-refractivity contribution in [1.82, 2.24) is 10.6 Å². The zero-order chi connectivity index (χ0) is 27.3. The molecule has 4 aromatic rings. The maximum Gasteiger partial charge on any atom is 0.269 e. The third-order valence-electron chi connectivity index (χ3n) is 6.64. The molecule has 4 N–H and O–H groups in total. The number of non-ortho nitro benzene ring substituents is 1. The maximum atomic E-state index is 10.9. The number of rotatable bonds is 15. The number of anilines is 1. The van der Waals surface area contributed by atoms with Crippen LogP contribution in [0.4, 0.5) is 11.4 Å². The molecule has 4 aromatic carbocycles. The van der Waals surface area contributed by atoms with Crippen molar-refractivity contribution >= 4 is 11.4 Å². The van der Waals surface area contributed by atoms with E-state index in [1.165, 1.54) is 5.56 Å². The van der Waals surface area contributed by atoms with Crippen LogP contribution < -0.4 is 16.4 Å². The van der Waals surface area contributed by atoms with Gasteiger partial charge in [0.15, 0.2) is 0 Å². The number of nitrogen functional groups attached to an aromatic ring is 1. The summed E-state index contributed by atoms with van der Waals surface area (Å²) in [6.45, 7) is 2.90. The molecular weight excluding hydrogens is 488 g/mol. The van der Waals surface area contributed by atoms with Crippen LogP contribution in [0.2, 0.25) is 0 Å². The molecule has 0 saturated heterocycles. The van der Waals surface area contributed by atoms with Gasteiger partial charge in [-0.2, -0.15) is 0 Å². The highest BCUT2D eigenvalue weighted by molar-refractivity contribution is 5.39. The zero-order valence-electron chi connectivity index (χ0n) is 22.0. The van der Waals surface area contributed by atoms with Crippen molar-refractivity contribution in [3.63, 3.8) is 0 Å². The van der Waals surface area contributed by atoms with Crippen molar-refractivity contribution in [1.29, 1.82) is 0 Å². The highest BCUT2D eigenvalue weighted by Gasteiger charge is 2.20. The van der Waals surface area contributed by atoms with Gasteiger partial charge in [0.05, 0.1) is 17.1 Å². The Hall–Kier alpha value is -4.04. The maximum absolute atomic E-state index is 10.9. The molecule has 0 aliphatic carbocycles. The Labute approximate surface area is 230 Å². The van der Waals surface area contributed by atoms with Gasteiger partial charge in [0, 0.05) is 30.9 Å². The van der Waals surface area contributed by atoms with Crippen molar-refractivity contribution < 1.29 is 9.66 Å². The minimum Gasteiger partial charge on any atom is -0.399 e. The van der Waals surface area contributed by atoms with Gasteiger partial charge in [-0.25, -0.2) is 0 Å². The Kier molecular flexibility index (Phi) is 10.6. The molecule has 1 unspecified atom stereocenters. The first-order valence-corrected chi connectivity index (χ1v) is 13.3. The van der Waals surface area contributed by atoms with Crippen LogP contribution >= 0.6 is 0 Å². The summed E-state index contributed by atoms with van der Waals surface area (Å²) in [7, 11) is 0. The molecule has 0 radical (unpaired) electrons. The van der Waals surface area contributed by atoms with Crippen molar-refractivity contribution in [2.75, 3.05) is 31.9 Å². The van der Waals surface area contributed by atoms with Gasteiger partial charge >= 0.3 is 0 Å². The number of nitrogens with one attached hydrogen (secondary N) is 2. The van der Waals surface area contributed by atoms with Crippen molar-refractivity contribution in [2.45, 2.75) is 25.0 Å². The predicted octanol–water partition coefficient (Wildman–Crippen LogP) is 5.64. The van der Waals surface area contributed by atoms with Crippen LogP contribution in [0.3, 0.4) is 0 Å². The van der Waals surface area contributed by atoms with Gasteiger partial charge in [-0.1, -0.05) is 84.9 Å². The Bertz CT molecular complexity index is 1270. The van der Waals surface area contributed by atoms with Crippen molar-refractivity contribution in [3.05, 3.63) is 142 Å². The largest absolute Gasteiger partial charge is 0.399 e. The van der Waals surface area contributed by atoms with Crippen LogP contribution in [-0.2, 0) is 17.6 Å². The first-order chi connectivity index (χ1) is 19.1. The lowest BCUT2D eigenvalue weighted by atomic mass is 10.1. The molecule has 4 rings (SSSR count). The van der Waals surface area contributed by atoms with Gasteiger partial charge in [-0.3, -0.25) is 10.1 Å². The Morgan fingerprint density at radius 3 is 1.54 bits per heavy atom. The summed E-state index contributed by atoms with van der Waals surface area (Å²) >= 11 is 0.